The highest BCUT2D eigenvalue weighted by molar-refractivity contribution is 5.86. The fourth-order valence-corrected chi connectivity index (χ4v) is 1.67. The fraction of sp³-hybridized carbons (Fsp3) is 0. The monoisotopic (exact) mass is 301 g/mol. The minimum Gasteiger partial charge on any atom is -0.399 e. The lowest BCUT2D eigenvalue weighted by Crippen LogP contribution is -1.96. The van der Waals surface area contributed by atoms with Gasteiger partial charge in [0.15, 0.2) is 0 Å². The average molecular weight is 302 g/mol. The molecule has 4 N–H and O–H groups in total. The highest BCUT2D eigenvalue weighted by Crippen LogP contribution is 2.34. The fourth-order valence-electron chi connectivity index (χ4n) is 1.67. The van der Waals surface area contributed by atoms with Crippen molar-refractivity contribution in [3.8, 4) is 11.1 Å². The normalized spacial score (nSPS) is 9.05. The maximum atomic E-state index is 10.9. The zero-order chi connectivity index (χ0) is 12.4. The summed E-state index contributed by atoms with van der Waals surface area (Å²) in [5, 5.41) is 10.9. The molecule has 0 aliphatic heterocycles. The van der Waals surface area contributed by atoms with E-state index in [1.54, 1.807) is 36.4 Å². The molecular formula is C12H13Cl2N3O2. The highest BCUT2D eigenvalue weighted by Gasteiger charge is 2.15. The molecule has 0 saturated heterocycles. The topological polar surface area (TPSA) is 95.2 Å². The number of halogens is 2. The van der Waals surface area contributed by atoms with E-state index in [0.717, 1.165) is 0 Å². The Morgan fingerprint density at radius 3 is 2.21 bits per heavy atom. The first kappa shape index (κ1) is 17.0. The molecule has 0 aromatic heterocycles. The Bertz CT molecular complexity index is 591. The van der Waals surface area contributed by atoms with Crippen LogP contribution in [0, 0.1) is 10.1 Å². The highest BCUT2D eigenvalue weighted by atomic mass is 35.5. The van der Waals surface area contributed by atoms with Gasteiger partial charge in [0, 0.05) is 23.0 Å². The van der Waals surface area contributed by atoms with Crippen LogP contribution in [0.3, 0.4) is 0 Å². The van der Waals surface area contributed by atoms with Gasteiger partial charge in [0.05, 0.1) is 10.5 Å². The number of nitrogens with two attached hydrogens (primary N) is 2. The largest absolute Gasteiger partial charge is 0.399 e. The molecule has 2 aromatic rings. The van der Waals surface area contributed by atoms with Crippen LogP contribution in [0.1, 0.15) is 0 Å². The Labute approximate surface area is 122 Å². The number of hydrogen-bond acceptors (Lipinski definition) is 4. The van der Waals surface area contributed by atoms with E-state index in [0.29, 0.717) is 22.5 Å². The summed E-state index contributed by atoms with van der Waals surface area (Å²) in [6.45, 7) is 0. The van der Waals surface area contributed by atoms with Gasteiger partial charge in [-0.2, -0.15) is 0 Å². The summed E-state index contributed by atoms with van der Waals surface area (Å²) >= 11 is 0. The van der Waals surface area contributed by atoms with Gasteiger partial charge in [-0.25, -0.2) is 0 Å². The smallest absolute Gasteiger partial charge is 0.277 e. The number of nitrogen functional groups attached to an aromatic ring is 2. The van der Waals surface area contributed by atoms with Gasteiger partial charge in [0.25, 0.3) is 5.69 Å². The van der Waals surface area contributed by atoms with E-state index in [4.69, 9.17) is 11.5 Å². The Balaban J connectivity index is 0.00000162. The summed E-state index contributed by atoms with van der Waals surface area (Å²) in [6.07, 6.45) is 0. The minimum absolute atomic E-state index is 0. The zero-order valence-corrected chi connectivity index (χ0v) is 11.4. The molecule has 0 heterocycles. The van der Waals surface area contributed by atoms with Crippen LogP contribution in [0.25, 0.3) is 11.1 Å². The Morgan fingerprint density at radius 2 is 1.58 bits per heavy atom. The molecule has 2 aromatic carbocycles. The van der Waals surface area contributed by atoms with Crippen molar-refractivity contribution in [3.63, 3.8) is 0 Å². The number of hydrogen-bond donors (Lipinski definition) is 2. The molecule has 5 nitrogen and oxygen atoms in total. The van der Waals surface area contributed by atoms with Crippen LogP contribution in [0.5, 0.6) is 0 Å². The quantitative estimate of drug-likeness (QED) is 0.505. The molecule has 19 heavy (non-hydrogen) atoms. The first-order chi connectivity index (χ1) is 8.09. The van der Waals surface area contributed by atoms with Gasteiger partial charge < -0.3 is 11.5 Å². The van der Waals surface area contributed by atoms with E-state index in [1.807, 2.05) is 0 Å². The van der Waals surface area contributed by atoms with Gasteiger partial charge in [-0.05, 0) is 24.3 Å². The van der Waals surface area contributed by atoms with Gasteiger partial charge >= 0.3 is 0 Å². The van der Waals surface area contributed by atoms with Crippen molar-refractivity contribution in [1.29, 1.82) is 0 Å². The maximum Gasteiger partial charge on any atom is 0.277 e. The second-order valence-electron chi connectivity index (χ2n) is 3.62. The van der Waals surface area contributed by atoms with E-state index in [1.165, 1.54) is 6.07 Å². The van der Waals surface area contributed by atoms with Crippen LogP contribution in [0.2, 0.25) is 0 Å². The molecule has 0 aliphatic rings. The lowest BCUT2D eigenvalue weighted by atomic mass is 10.0. The van der Waals surface area contributed by atoms with Gasteiger partial charge in [-0.15, -0.1) is 24.8 Å². The number of rotatable bonds is 2. The number of anilines is 2. The zero-order valence-electron chi connectivity index (χ0n) is 9.78. The van der Waals surface area contributed by atoms with Crippen LogP contribution >= 0.6 is 24.8 Å². The van der Waals surface area contributed by atoms with E-state index >= 15 is 0 Å². The Hall–Kier alpha value is -1.98. The first-order valence-electron chi connectivity index (χ1n) is 4.98. The van der Waals surface area contributed by atoms with E-state index in [9.17, 15) is 10.1 Å². The number of nitro benzene ring substituents is 1. The standard InChI is InChI=1S/C12H11N3O2.2ClH/c13-8-5-6-11(14)10(7-8)9-3-1-2-4-12(9)15(16)17;;/h1-7H,13-14H2;2*1H. The van der Waals surface area contributed by atoms with Gasteiger partial charge in [0.1, 0.15) is 0 Å². The summed E-state index contributed by atoms with van der Waals surface area (Å²) in [4.78, 5) is 10.5. The molecule has 0 amide bonds. The third-order valence-electron chi connectivity index (χ3n) is 2.47. The third kappa shape index (κ3) is 3.49. The first-order valence-corrected chi connectivity index (χ1v) is 4.98. The van der Waals surface area contributed by atoms with E-state index in [-0.39, 0.29) is 30.5 Å². The molecule has 0 radical (unpaired) electrons. The van der Waals surface area contributed by atoms with Crippen molar-refractivity contribution in [2.24, 2.45) is 0 Å². The van der Waals surface area contributed by atoms with E-state index < -0.39 is 4.92 Å². The number of benzene rings is 2. The van der Waals surface area contributed by atoms with Gasteiger partial charge in [0.2, 0.25) is 0 Å². The molecule has 0 saturated carbocycles. The molecule has 0 unspecified atom stereocenters. The molecule has 2 rings (SSSR count). The molecule has 7 heteroatoms. The van der Waals surface area contributed by atoms with Crippen LogP contribution in [0.4, 0.5) is 17.1 Å². The van der Waals surface area contributed by atoms with Crippen molar-refractivity contribution >= 4 is 41.9 Å². The van der Waals surface area contributed by atoms with Crippen molar-refractivity contribution in [1.82, 2.24) is 0 Å². The third-order valence-corrected chi connectivity index (χ3v) is 2.47. The molecular weight excluding hydrogens is 289 g/mol. The number of nitrogens with zero attached hydrogens (tertiary/aromatic N) is 1. The summed E-state index contributed by atoms with van der Waals surface area (Å²) in [5.41, 5.74) is 13.5. The molecule has 0 atom stereocenters. The van der Waals surface area contributed by atoms with Crippen LogP contribution in [0.15, 0.2) is 42.5 Å². The van der Waals surface area contributed by atoms with Crippen molar-refractivity contribution in [3.05, 3.63) is 52.6 Å². The van der Waals surface area contributed by atoms with Crippen molar-refractivity contribution < 1.29 is 4.92 Å². The van der Waals surface area contributed by atoms with Crippen LogP contribution in [-0.4, -0.2) is 4.92 Å². The number of para-hydroxylation sites is 1. The summed E-state index contributed by atoms with van der Waals surface area (Å²) in [6, 6.07) is 11.4. The minimum atomic E-state index is -0.433. The lowest BCUT2D eigenvalue weighted by Gasteiger charge is -2.07. The SMILES string of the molecule is Cl.Cl.Nc1ccc(N)c(-c2ccccc2[N+](=O)[O-])c1. The van der Waals surface area contributed by atoms with Gasteiger partial charge in [-0.3, -0.25) is 10.1 Å². The molecule has 0 bridgehead atoms. The predicted octanol–water partition coefficient (Wildman–Crippen LogP) is 3.27. The molecule has 0 spiro atoms. The maximum absolute atomic E-state index is 10.9. The second kappa shape index (κ2) is 6.82. The molecule has 0 fully saturated rings. The van der Waals surface area contributed by atoms with Crippen molar-refractivity contribution in [2.75, 3.05) is 11.5 Å². The average Bonchev–Trinajstić information content (AvgIpc) is 2.32. The number of nitro groups is 1. The Kier molecular flexibility index (Phi) is 6.11. The second-order valence-corrected chi connectivity index (χ2v) is 3.62. The molecule has 0 aliphatic carbocycles. The van der Waals surface area contributed by atoms with Crippen LogP contribution < -0.4 is 11.5 Å². The van der Waals surface area contributed by atoms with E-state index in [2.05, 4.69) is 0 Å². The predicted molar refractivity (Wildman–Crippen MR) is 81.9 cm³/mol. The lowest BCUT2D eigenvalue weighted by molar-refractivity contribution is -0.384. The summed E-state index contributed by atoms with van der Waals surface area (Å²) in [7, 11) is 0. The van der Waals surface area contributed by atoms with Gasteiger partial charge in [-0.1, -0.05) is 12.1 Å². The van der Waals surface area contributed by atoms with Crippen LogP contribution in [-0.2, 0) is 0 Å². The summed E-state index contributed by atoms with van der Waals surface area (Å²) < 4.78 is 0. The summed E-state index contributed by atoms with van der Waals surface area (Å²) in [5.74, 6) is 0. The molecule has 102 valence electrons. The van der Waals surface area contributed by atoms with Crippen molar-refractivity contribution in [2.45, 2.75) is 0 Å². The Morgan fingerprint density at radius 1 is 0.947 bits per heavy atom.